The zero-order valence-electron chi connectivity index (χ0n) is 9.63. The highest BCUT2D eigenvalue weighted by Gasteiger charge is 2.33. The molecule has 1 amide bonds. The van der Waals surface area contributed by atoms with Crippen LogP contribution in [0.25, 0.3) is 0 Å². The summed E-state index contributed by atoms with van der Waals surface area (Å²) >= 11 is 0. The Morgan fingerprint density at radius 1 is 1.35 bits per heavy atom. The summed E-state index contributed by atoms with van der Waals surface area (Å²) in [7, 11) is 0. The van der Waals surface area contributed by atoms with E-state index < -0.39 is 12.2 Å². The normalized spacial score (nSPS) is 24.1. The van der Waals surface area contributed by atoms with Gasteiger partial charge in [0.2, 0.25) is 0 Å². The van der Waals surface area contributed by atoms with E-state index in [1.54, 1.807) is 25.1 Å². The molecule has 92 valence electrons. The van der Waals surface area contributed by atoms with Crippen LogP contribution in [0.15, 0.2) is 18.2 Å². The highest BCUT2D eigenvalue weighted by atomic mass is 16.3. The van der Waals surface area contributed by atoms with Crippen molar-refractivity contribution in [3.63, 3.8) is 0 Å². The third-order valence-corrected chi connectivity index (χ3v) is 3.15. The second kappa shape index (κ2) is 4.35. The number of carbonyl (C=O) groups is 1. The third kappa shape index (κ3) is 2.11. The van der Waals surface area contributed by atoms with E-state index in [2.05, 4.69) is 0 Å². The van der Waals surface area contributed by atoms with E-state index in [0.717, 1.165) is 5.56 Å². The lowest BCUT2D eigenvalue weighted by atomic mass is 10.1. The lowest BCUT2D eigenvalue weighted by molar-refractivity contribution is 0.0572. The minimum absolute atomic E-state index is 0.161. The average Bonchev–Trinajstić information content (AvgIpc) is 2.62. The van der Waals surface area contributed by atoms with Crippen molar-refractivity contribution in [2.24, 2.45) is 0 Å². The predicted octanol–water partition coefficient (Wildman–Crippen LogP) is -0.245. The van der Waals surface area contributed by atoms with E-state index in [4.69, 9.17) is 5.73 Å². The summed E-state index contributed by atoms with van der Waals surface area (Å²) in [6.45, 7) is 2.11. The molecule has 0 saturated carbocycles. The van der Waals surface area contributed by atoms with Crippen LogP contribution < -0.4 is 5.73 Å². The number of aliphatic hydroxyl groups is 2. The molecular formula is C12H16N2O3. The molecule has 1 aliphatic heterocycles. The van der Waals surface area contributed by atoms with Crippen molar-refractivity contribution in [3.05, 3.63) is 29.3 Å². The van der Waals surface area contributed by atoms with Crippen molar-refractivity contribution in [2.45, 2.75) is 19.1 Å². The molecule has 0 bridgehead atoms. The Bertz CT molecular complexity index is 437. The van der Waals surface area contributed by atoms with Gasteiger partial charge in [0, 0.05) is 24.3 Å². The van der Waals surface area contributed by atoms with E-state index in [-0.39, 0.29) is 19.0 Å². The molecule has 1 aromatic carbocycles. The first kappa shape index (κ1) is 11.9. The number of likely N-dealkylation sites (tertiary alicyclic amines) is 1. The Morgan fingerprint density at radius 3 is 2.53 bits per heavy atom. The first-order valence-electron chi connectivity index (χ1n) is 5.51. The van der Waals surface area contributed by atoms with Crippen molar-refractivity contribution in [1.29, 1.82) is 0 Å². The van der Waals surface area contributed by atoms with Gasteiger partial charge < -0.3 is 20.8 Å². The Kier molecular flexibility index (Phi) is 3.04. The minimum atomic E-state index is -0.861. The molecule has 4 N–H and O–H groups in total. The van der Waals surface area contributed by atoms with Gasteiger partial charge in [-0.2, -0.15) is 0 Å². The maximum Gasteiger partial charge on any atom is 0.254 e. The standard InChI is InChI=1S/C12H16N2O3/c1-7-8(3-2-4-9(7)13)12(17)14-5-10(15)11(16)6-14/h2-4,10-11,15-16H,5-6,13H2,1H3/t10-,11+. The van der Waals surface area contributed by atoms with Crippen LogP contribution in [-0.4, -0.2) is 46.3 Å². The topological polar surface area (TPSA) is 86.8 Å². The van der Waals surface area contributed by atoms with E-state index in [1.165, 1.54) is 4.90 Å². The number of hydrogen-bond donors (Lipinski definition) is 3. The molecule has 17 heavy (non-hydrogen) atoms. The van der Waals surface area contributed by atoms with Gasteiger partial charge in [0.15, 0.2) is 0 Å². The molecule has 0 spiro atoms. The molecule has 0 aliphatic carbocycles. The molecule has 2 rings (SSSR count). The van der Waals surface area contributed by atoms with E-state index in [9.17, 15) is 15.0 Å². The largest absolute Gasteiger partial charge is 0.398 e. The number of anilines is 1. The molecular weight excluding hydrogens is 220 g/mol. The monoisotopic (exact) mass is 236 g/mol. The van der Waals surface area contributed by atoms with Crippen LogP contribution in [0.5, 0.6) is 0 Å². The van der Waals surface area contributed by atoms with E-state index >= 15 is 0 Å². The summed E-state index contributed by atoms with van der Waals surface area (Å²) in [4.78, 5) is 13.6. The summed E-state index contributed by atoms with van der Waals surface area (Å²) in [6, 6.07) is 5.16. The van der Waals surface area contributed by atoms with Gasteiger partial charge in [-0.05, 0) is 24.6 Å². The first-order chi connectivity index (χ1) is 8.00. The van der Waals surface area contributed by atoms with Crippen LogP contribution in [0.3, 0.4) is 0 Å². The number of carbonyl (C=O) groups excluding carboxylic acids is 1. The Morgan fingerprint density at radius 2 is 1.94 bits per heavy atom. The van der Waals surface area contributed by atoms with E-state index in [1.807, 2.05) is 0 Å². The number of nitrogens with two attached hydrogens (primary N) is 1. The molecule has 0 aromatic heterocycles. The lowest BCUT2D eigenvalue weighted by Gasteiger charge is -2.17. The minimum Gasteiger partial charge on any atom is -0.398 e. The molecule has 1 aliphatic rings. The van der Waals surface area contributed by atoms with Crippen molar-refractivity contribution in [3.8, 4) is 0 Å². The summed E-state index contributed by atoms with van der Waals surface area (Å²) in [5.41, 5.74) is 7.56. The van der Waals surface area contributed by atoms with Gasteiger partial charge in [-0.25, -0.2) is 0 Å². The highest BCUT2D eigenvalue weighted by molar-refractivity contribution is 5.97. The highest BCUT2D eigenvalue weighted by Crippen LogP contribution is 2.20. The van der Waals surface area contributed by atoms with Crippen LogP contribution in [0.1, 0.15) is 15.9 Å². The van der Waals surface area contributed by atoms with Crippen LogP contribution >= 0.6 is 0 Å². The zero-order chi connectivity index (χ0) is 12.6. The Balaban J connectivity index is 2.24. The van der Waals surface area contributed by atoms with Crippen LogP contribution in [0, 0.1) is 6.92 Å². The summed E-state index contributed by atoms with van der Waals surface area (Å²) in [5.74, 6) is -0.203. The molecule has 2 atom stereocenters. The van der Waals surface area contributed by atoms with Gasteiger partial charge in [0.05, 0.1) is 12.2 Å². The maximum absolute atomic E-state index is 12.2. The van der Waals surface area contributed by atoms with Crippen LogP contribution in [0.4, 0.5) is 5.69 Å². The molecule has 1 aromatic rings. The fourth-order valence-corrected chi connectivity index (χ4v) is 1.99. The van der Waals surface area contributed by atoms with Gasteiger partial charge >= 0.3 is 0 Å². The number of amides is 1. The molecule has 0 radical (unpaired) electrons. The molecule has 1 fully saturated rings. The van der Waals surface area contributed by atoms with Gasteiger partial charge in [0.1, 0.15) is 0 Å². The molecule has 1 saturated heterocycles. The number of nitrogen functional groups attached to an aromatic ring is 1. The van der Waals surface area contributed by atoms with Crippen LogP contribution in [0.2, 0.25) is 0 Å². The predicted molar refractivity (Wildman–Crippen MR) is 63.5 cm³/mol. The summed E-state index contributed by atoms with van der Waals surface area (Å²) in [5, 5.41) is 18.8. The average molecular weight is 236 g/mol. The quantitative estimate of drug-likeness (QED) is 0.587. The lowest BCUT2D eigenvalue weighted by Crippen LogP contribution is -2.30. The number of benzene rings is 1. The number of hydrogen-bond acceptors (Lipinski definition) is 4. The summed E-state index contributed by atoms with van der Waals surface area (Å²) < 4.78 is 0. The summed E-state index contributed by atoms with van der Waals surface area (Å²) in [6.07, 6.45) is -1.72. The van der Waals surface area contributed by atoms with Gasteiger partial charge in [-0.3, -0.25) is 4.79 Å². The zero-order valence-corrected chi connectivity index (χ0v) is 9.63. The maximum atomic E-state index is 12.2. The van der Waals surface area contributed by atoms with Gasteiger partial charge in [-0.15, -0.1) is 0 Å². The second-order valence-corrected chi connectivity index (χ2v) is 4.36. The van der Waals surface area contributed by atoms with Crippen molar-refractivity contribution >= 4 is 11.6 Å². The number of nitrogens with zero attached hydrogens (tertiary/aromatic N) is 1. The van der Waals surface area contributed by atoms with Crippen molar-refractivity contribution in [2.75, 3.05) is 18.8 Å². The fraction of sp³-hybridized carbons (Fsp3) is 0.417. The molecule has 1 heterocycles. The number of rotatable bonds is 1. The Hall–Kier alpha value is -1.59. The first-order valence-corrected chi connectivity index (χ1v) is 5.51. The van der Waals surface area contributed by atoms with Gasteiger partial charge in [-0.1, -0.05) is 6.07 Å². The van der Waals surface area contributed by atoms with Gasteiger partial charge in [0.25, 0.3) is 5.91 Å². The molecule has 5 heteroatoms. The third-order valence-electron chi connectivity index (χ3n) is 3.15. The van der Waals surface area contributed by atoms with Crippen LogP contribution in [-0.2, 0) is 0 Å². The fourth-order valence-electron chi connectivity index (χ4n) is 1.99. The Labute approximate surface area is 99.5 Å². The van der Waals surface area contributed by atoms with E-state index in [0.29, 0.717) is 11.3 Å². The second-order valence-electron chi connectivity index (χ2n) is 4.36. The SMILES string of the molecule is Cc1c(N)cccc1C(=O)N1C[C@@H](O)[C@@H](O)C1. The smallest absolute Gasteiger partial charge is 0.254 e. The number of aliphatic hydroxyl groups excluding tert-OH is 2. The number of β-amino-alcohol motifs (C(OH)–C–C–N with tert-alkyl or cyclic N) is 2. The molecule has 5 nitrogen and oxygen atoms in total. The molecule has 0 unspecified atom stereocenters. The van der Waals surface area contributed by atoms with Crippen molar-refractivity contribution in [1.82, 2.24) is 4.90 Å². The van der Waals surface area contributed by atoms with Crippen molar-refractivity contribution < 1.29 is 15.0 Å².